The first-order valence-electron chi connectivity index (χ1n) is 6.97. The molecule has 1 aromatic carbocycles. The number of nitrogens with zero attached hydrogens (tertiary/aromatic N) is 2. The van der Waals surface area contributed by atoms with Gasteiger partial charge in [-0.3, -0.25) is 5.32 Å². The summed E-state index contributed by atoms with van der Waals surface area (Å²) < 4.78 is 32.7. The lowest BCUT2D eigenvalue weighted by atomic mass is 10.0. The summed E-state index contributed by atoms with van der Waals surface area (Å²) in [6.07, 6.45) is 0. The summed E-state index contributed by atoms with van der Waals surface area (Å²) in [7, 11) is 3.35. The van der Waals surface area contributed by atoms with Crippen LogP contribution in [0.4, 0.5) is 19.5 Å². The topological polar surface area (TPSA) is 70.4 Å². The lowest BCUT2D eigenvalue weighted by molar-refractivity contribution is 0.240. The minimum Gasteiger partial charge on any atom is -0.338 e. The van der Waals surface area contributed by atoms with E-state index in [4.69, 9.17) is 4.52 Å². The number of rotatable bonds is 5. The average Bonchev–Trinajstić information content (AvgIpc) is 2.86. The Bertz CT molecular complexity index is 668. The minimum absolute atomic E-state index is 0.0177. The van der Waals surface area contributed by atoms with Gasteiger partial charge in [0.05, 0.1) is 11.7 Å². The van der Waals surface area contributed by atoms with Gasteiger partial charge in [-0.15, -0.1) is 0 Å². The lowest BCUT2D eigenvalue weighted by Crippen LogP contribution is -2.37. The Hall–Kier alpha value is -2.48. The van der Waals surface area contributed by atoms with E-state index in [-0.39, 0.29) is 18.0 Å². The summed E-state index contributed by atoms with van der Waals surface area (Å²) in [5, 5.41) is 8.65. The maximum Gasteiger partial charge on any atom is 0.321 e. The molecule has 2 rings (SSSR count). The van der Waals surface area contributed by atoms with Crippen LogP contribution in [0.2, 0.25) is 0 Å². The van der Waals surface area contributed by atoms with Gasteiger partial charge >= 0.3 is 6.03 Å². The van der Waals surface area contributed by atoms with Crippen LogP contribution in [-0.2, 0) is 0 Å². The zero-order valence-electron chi connectivity index (χ0n) is 13.1. The Balaban J connectivity index is 2.04. The Kier molecular flexibility index (Phi) is 5.28. The number of carbonyl (C=O) groups is 1. The molecule has 6 nitrogen and oxygen atoms in total. The number of hydrogen-bond acceptors (Lipinski definition) is 4. The van der Waals surface area contributed by atoms with Gasteiger partial charge in [-0.05, 0) is 33.2 Å². The van der Waals surface area contributed by atoms with Crippen LogP contribution < -0.4 is 10.6 Å². The summed E-state index contributed by atoms with van der Waals surface area (Å²) in [4.78, 5) is 13.5. The van der Waals surface area contributed by atoms with Crippen molar-refractivity contribution in [3.63, 3.8) is 0 Å². The standard InChI is InChI=1S/C15H18F2N4O2/c1-9-7-13(23-20-9)19-15(22)18-8-12(21(2)3)14-10(16)5-4-6-11(14)17/h4-7,12H,8H2,1-3H3,(H2,18,19,22)/t12-/m1/s1. The molecule has 2 amide bonds. The number of carbonyl (C=O) groups excluding carboxylic acids is 1. The SMILES string of the molecule is Cc1cc(NC(=O)NC[C@H](c2c(F)cccc2F)N(C)C)on1. The number of amides is 2. The van der Waals surface area contributed by atoms with Gasteiger partial charge in [0.25, 0.3) is 0 Å². The Morgan fingerprint density at radius 1 is 1.35 bits per heavy atom. The van der Waals surface area contributed by atoms with Gasteiger partial charge in [-0.25, -0.2) is 13.6 Å². The summed E-state index contributed by atoms with van der Waals surface area (Å²) in [5.41, 5.74) is 0.535. The van der Waals surface area contributed by atoms with E-state index >= 15 is 0 Å². The normalized spacial score (nSPS) is 12.3. The third-order valence-electron chi connectivity index (χ3n) is 3.28. The first kappa shape index (κ1) is 16.9. The smallest absolute Gasteiger partial charge is 0.321 e. The van der Waals surface area contributed by atoms with Crippen molar-refractivity contribution in [3.05, 3.63) is 47.2 Å². The molecular formula is C15H18F2N4O2. The van der Waals surface area contributed by atoms with E-state index in [1.54, 1.807) is 32.0 Å². The molecule has 1 aromatic heterocycles. The second-order valence-electron chi connectivity index (χ2n) is 5.28. The van der Waals surface area contributed by atoms with Gasteiger partial charge in [-0.2, -0.15) is 0 Å². The van der Waals surface area contributed by atoms with E-state index < -0.39 is 23.7 Å². The van der Waals surface area contributed by atoms with Gasteiger partial charge in [0, 0.05) is 18.2 Å². The number of aryl methyl sites for hydroxylation is 1. The quantitative estimate of drug-likeness (QED) is 0.887. The molecule has 0 aliphatic carbocycles. The number of hydrogen-bond donors (Lipinski definition) is 2. The summed E-state index contributed by atoms with van der Waals surface area (Å²) in [6, 6.07) is 4.02. The largest absolute Gasteiger partial charge is 0.338 e. The minimum atomic E-state index is -0.656. The molecule has 0 aliphatic heterocycles. The molecule has 0 saturated carbocycles. The predicted molar refractivity (Wildman–Crippen MR) is 81.0 cm³/mol. The fourth-order valence-electron chi connectivity index (χ4n) is 2.14. The molecule has 0 bridgehead atoms. The average molecular weight is 324 g/mol. The first-order chi connectivity index (χ1) is 10.9. The molecule has 0 radical (unpaired) electrons. The van der Waals surface area contributed by atoms with Crippen LogP contribution in [0.3, 0.4) is 0 Å². The van der Waals surface area contributed by atoms with Gasteiger partial charge in [0.2, 0.25) is 5.88 Å². The Labute approximate surface area is 132 Å². The summed E-state index contributed by atoms with van der Waals surface area (Å²) in [5.74, 6) is -1.12. The molecule has 0 aliphatic rings. The van der Waals surface area contributed by atoms with Crippen LogP contribution in [0.25, 0.3) is 0 Å². The number of aromatic nitrogens is 1. The third-order valence-corrected chi connectivity index (χ3v) is 3.28. The summed E-state index contributed by atoms with van der Waals surface area (Å²) >= 11 is 0. The molecule has 124 valence electrons. The first-order valence-corrected chi connectivity index (χ1v) is 6.97. The molecule has 0 unspecified atom stereocenters. The van der Waals surface area contributed by atoms with E-state index in [1.807, 2.05) is 0 Å². The van der Waals surface area contributed by atoms with Crippen LogP contribution in [0, 0.1) is 18.6 Å². The highest BCUT2D eigenvalue weighted by Crippen LogP contribution is 2.23. The van der Waals surface area contributed by atoms with E-state index in [2.05, 4.69) is 15.8 Å². The number of halogens is 2. The highest BCUT2D eigenvalue weighted by Gasteiger charge is 2.22. The van der Waals surface area contributed by atoms with Crippen molar-refractivity contribution in [2.45, 2.75) is 13.0 Å². The number of benzene rings is 1. The van der Waals surface area contributed by atoms with Gasteiger partial charge < -0.3 is 14.7 Å². The van der Waals surface area contributed by atoms with E-state index in [1.165, 1.54) is 18.2 Å². The van der Waals surface area contributed by atoms with Crippen molar-refractivity contribution in [2.75, 3.05) is 26.0 Å². The highest BCUT2D eigenvalue weighted by atomic mass is 19.1. The number of anilines is 1. The second-order valence-corrected chi connectivity index (χ2v) is 5.28. The van der Waals surface area contributed by atoms with Crippen LogP contribution in [0.1, 0.15) is 17.3 Å². The van der Waals surface area contributed by atoms with E-state index in [0.29, 0.717) is 5.69 Å². The monoisotopic (exact) mass is 324 g/mol. The molecule has 8 heteroatoms. The van der Waals surface area contributed by atoms with Crippen LogP contribution in [0.5, 0.6) is 0 Å². The van der Waals surface area contributed by atoms with Crippen molar-refractivity contribution >= 4 is 11.9 Å². The zero-order valence-corrected chi connectivity index (χ0v) is 13.1. The Morgan fingerprint density at radius 2 is 2.00 bits per heavy atom. The van der Waals surface area contributed by atoms with Crippen molar-refractivity contribution in [2.24, 2.45) is 0 Å². The Morgan fingerprint density at radius 3 is 2.52 bits per heavy atom. The fourth-order valence-corrected chi connectivity index (χ4v) is 2.14. The molecular weight excluding hydrogens is 306 g/mol. The van der Waals surface area contributed by atoms with Crippen molar-refractivity contribution in [1.29, 1.82) is 0 Å². The van der Waals surface area contributed by atoms with Gasteiger partial charge in [0.1, 0.15) is 11.6 Å². The van der Waals surface area contributed by atoms with Crippen molar-refractivity contribution < 1.29 is 18.1 Å². The zero-order chi connectivity index (χ0) is 17.0. The molecule has 0 fully saturated rings. The number of urea groups is 1. The highest BCUT2D eigenvalue weighted by molar-refractivity contribution is 5.87. The second kappa shape index (κ2) is 7.19. The predicted octanol–water partition coefficient (Wildman–Crippen LogP) is 2.69. The van der Waals surface area contributed by atoms with Crippen LogP contribution in [-0.4, -0.2) is 36.7 Å². The third kappa shape index (κ3) is 4.26. The van der Waals surface area contributed by atoms with Crippen molar-refractivity contribution in [1.82, 2.24) is 15.4 Å². The molecule has 0 spiro atoms. The number of nitrogens with one attached hydrogen (secondary N) is 2. The molecule has 1 atom stereocenters. The van der Waals surface area contributed by atoms with Gasteiger partial charge in [-0.1, -0.05) is 11.2 Å². The van der Waals surface area contributed by atoms with Gasteiger partial charge in [0.15, 0.2) is 0 Å². The maximum atomic E-state index is 13.9. The molecule has 2 aromatic rings. The number of likely N-dealkylation sites (N-methyl/N-ethyl adjacent to an activating group) is 1. The summed E-state index contributed by atoms with van der Waals surface area (Å²) in [6.45, 7) is 1.74. The fraction of sp³-hybridized carbons (Fsp3) is 0.333. The maximum absolute atomic E-state index is 13.9. The molecule has 23 heavy (non-hydrogen) atoms. The van der Waals surface area contributed by atoms with Crippen LogP contribution >= 0.6 is 0 Å². The lowest BCUT2D eigenvalue weighted by Gasteiger charge is -2.25. The molecule has 2 N–H and O–H groups in total. The molecule has 0 saturated heterocycles. The molecule has 1 heterocycles. The van der Waals surface area contributed by atoms with E-state index in [9.17, 15) is 13.6 Å². The van der Waals surface area contributed by atoms with Crippen molar-refractivity contribution in [3.8, 4) is 0 Å². The van der Waals surface area contributed by atoms with E-state index in [0.717, 1.165) is 0 Å². The van der Waals surface area contributed by atoms with Crippen LogP contribution in [0.15, 0.2) is 28.8 Å².